The summed E-state index contributed by atoms with van der Waals surface area (Å²) in [6.45, 7) is 3.79. The molecule has 0 spiro atoms. The molecule has 0 unspecified atom stereocenters. The number of aryl methyl sites for hydroxylation is 2. The number of hydrogen-bond donors (Lipinski definition) is 1. The molecule has 98 valence electrons. The lowest BCUT2D eigenvalue weighted by Crippen LogP contribution is -2.18. The molecule has 1 saturated carbocycles. The van der Waals surface area contributed by atoms with Crippen LogP contribution in [0.4, 0.5) is 11.6 Å². The monoisotopic (exact) mass is 248 g/mol. The summed E-state index contributed by atoms with van der Waals surface area (Å²) >= 11 is 0. The fourth-order valence-electron chi connectivity index (χ4n) is 1.85. The van der Waals surface area contributed by atoms with Crippen LogP contribution in [0.25, 0.3) is 0 Å². The SMILES string of the molecule is Cc1nc(N(C)C)nc(C)c1NC(=O)CC1CC1. The lowest BCUT2D eigenvalue weighted by molar-refractivity contribution is -0.116. The van der Waals surface area contributed by atoms with Crippen LogP contribution in [0.1, 0.15) is 30.7 Å². The highest BCUT2D eigenvalue weighted by molar-refractivity contribution is 5.92. The molecule has 0 atom stereocenters. The molecule has 18 heavy (non-hydrogen) atoms. The van der Waals surface area contributed by atoms with Crippen molar-refractivity contribution in [1.82, 2.24) is 9.97 Å². The molecule has 1 aromatic heterocycles. The van der Waals surface area contributed by atoms with Crippen LogP contribution >= 0.6 is 0 Å². The minimum Gasteiger partial charge on any atom is -0.347 e. The van der Waals surface area contributed by atoms with Crippen LogP contribution in [0, 0.1) is 19.8 Å². The second-order valence-corrected chi connectivity index (χ2v) is 5.16. The fourth-order valence-corrected chi connectivity index (χ4v) is 1.85. The Morgan fingerprint density at radius 3 is 2.28 bits per heavy atom. The summed E-state index contributed by atoms with van der Waals surface area (Å²) in [6, 6.07) is 0. The van der Waals surface area contributed by atoms with Crippen LogP contribution in [0.15, 0.2) is 0 Å². The van der Waals surface area contributed by atoms with Gasteiger partial charge < -0.3 is 10.2 Å². The Kier molecular flexibility index (Phi) is 3.50. The predicted octanol–water partition coefficient (Wildman–Crippen LogP) is 1.90. The molecule has 5 nitrogen and oxygen atoms in total. The molecule has 1 aliphatic rings. The summed E-state index contributed by atoms with van der Waals surface area (Å²) in [5.74, 6) is 1.34. The van der Waals surface area contributed by atoms with Crippen LogP contribution < -0.4 is 10.2 Å². The Bertz CT molecular complexity index is 443. The van der Waals surface area contributed by atoms with E-state index in [-0.39, 0.29) is 5.91 Å². The zero-order chi connectivity index (χ0) is 13.3. The Morgan fingerprint density at radius 1 is 1.28 bits per heavy atom. The molecular formula is C13H20N4O. The molecule has 0 radical (unpaired) electrons. The van der Waals surface area contributed by atoms with Gasteiger partial charge in [0.1, 0.15) is 0 Å². The number of nitrogens with one attached hydrogen (secondary N) is 1. The van der Waals surface area contributed by atoms with Crippen molar-refractivity contribution in [2.45, 2.75) is 33.1 Å². The summed E-state index contributed by atoms with van der Waals surface area (Å²) in [5.41, 5.74) is 2.39. The molecule has 0 aromatic carbocycles. The van der Waals surface area contributed by atoms with Gasteiger partial charge in [0.2, 0.25) is 11.9 Å². The highest BCUT2D eigenvalue weighted by Gasteiger charge is 2.25. The van der Waals surface area contributed by atoms with E-state index < -0.39 is 0 Å². The maximum absolute atomic E-state index is 11.8. The van der Waals surface area contributed by atoms with Gasteiger partial charge in [-0.05, 0) is 32.6 Å². The zero-order valence-corrected chi connectivity index (χ0v) is 11.4. The van der Waals surface area contributed by atoms with Crippen molar-refractivity contribution in [3.8, 4) is 0 Å². The third-order valence-corrected chi connectivity index (χ3v) is 3.09. The summed E-state index contributed by atoms with van der Waals surface area (Å²) < 4.78 is 0. The first-order valence-corrected chi connectivity index (χ1v) is 6.29. The second-order valence-electron chi connectivity index (χ2n) is 5.16. The van der Waals surface area contributed by atoms with Crippen molar-refractivity contribution in [2.75, 3.05) is 24.3 Å². The van der Waals surface area contributed by atoms with E-state index in [2.05, 4.69) is 15.3 Å². The number of carbonyl (C=O) groups excluding carboxylic acids is 1. The molecule has 0 bridgehead atoms. The Labute approximate surface area is 108 Å². The molecular weight excluding hydrogens is 228 g/mol. The molecule has 1 amide bonds. The number of carbonyl (C=O) groups is 1. The normalized spacial score (nSPS) is 14.4. The lowest BCUT2D eigenvalue weighted by atomic mass is 10.2. The van der Waals surface area contributed by atoms with Crippen LogP contribution in [0.3, 0.4) is 0 Å². The van der Waals surface area contributed by atoms with E-state index in [4.69, 9.17) is 0 Å². The van der Waals surface area contributed by atoms with Gasteiger partial charge in [0.25, 0.3) is 0 Å². The number of rotatable bonds is 4. The number of hydrogen-bond acceptors (Lipinski definition) is 4. The Morgan fingerprint density at radius 2 is 1.83 bits per heavy atom. The first kappa shape index (κ1) is 12.8. The van der Waals surface area contributed by atoms with E-state index in [0.717, 1.165) is 17.1 Å². The molecule has 1 fully saturated rings. The topological polar surface area (TPSA) is 58.1 Å². The molecule has 1 heterocycles. The lowest BCUT2D eigenvalue weighted by Gasteiger charge is -2.15. The van der Waals surface area contributed by atoms with E-state index in [1.165, 1.54) is 12.8 Å². The number of amides is 1. The largest absolute Gasteiger partial charge is 0.347 e. The maximum atomic E-state index is 11.8. The summed E-state index contributed by atoms with van der Waals surface area (Å²) in [6.07, 6.45) is 2.98. The first-order chi connectivity index (χ1) is 8.47. The van der Waals surface area contributed by atoms with Crippen molar-refractivity contribution in [3.63, 3.8) is 0 Å². The zero-order valence-electron chi connectivity index (χ0n) is 11.4. The predicted molar refractivity (Wildman–Crippen MR) is 71.8 cm³/mol. The van der Waals surface area contributed by atoms with Crippen molar-refractivity contribution >= 4 is 17.5 Å². The smallest absolute Gasteiger partial charge is 0.225 e. The average Bonchev–Trinajstić information content (AvgIpc) is 3.06. The third kappa shape index (κ3) is 2.97. The van der Waals surface area contributed by atoms with Gasteiger partial charge in [-0.2, -0.15) is 0 Å². The Balaban J connectivity index is 2.14. The first-order valence-electron chi connectivity index (χ1n) is 6.29. The average molecular weight is 248 g/mol. The van der Waals surface area contributed by atoms with E-state index in [1.54, 1.807) is 0 Å². The maximum Gasteiger partial charge on any atom is 0.225 e. The summed E-state index contributed by atoms with van der Waals surface area (Å²) in [5, 5.41) is 2.93. The van der Waals surface area contributed by atoms with Gasteiger partial charge in [0.05, 0.1) is 17.1 Å². The molecule has 0 aliphatic heterocycles. The standard InChI is InChI=1S/C13H20N4O/c1-8-12(16-11(18)7-10-5-6-10)9(2)15-13(14-8)17(3)4/h10H,5-7H2,1-4H3,(H,16,18). The van der Waals surface area contributed by atoms with E-state index in [0.29, 0.717) is 18.3 Å². The number of nitrogens with zero attached hydrogens (tertiary/aromatic N) is 3. The Hall–Kier alpha value is -1.65. The second kappa shape index (κ2) is 4.92. The highest BCUT2D eigenvalue weighted by atomic mass is 16.1. The third-order valence-electron chi connectivity index (χ3n) is 3.09. The van der Waals surface area contributed by atoms with Gasteiger partial charge in [-0.1, -0.05) is 0 Å². The summed E-state index contributed by atoms with van der Waals surface area (Å²) in [7, 11) is 3.80. The van der Waals surface area contributed by atoms with E-state index in [9.17, 15) is 4.79 Å². The minimum absolute atomic E-state index is 0.0740. The molecule has 0 saturated heterocycles. The van der Waals surface area contributed by atoms with Gasteiger partial charge in [-0.25, -0.2) is 9.97 Å². The van der Waals surface area contributed by atoms with Crippen molar-refractivity contribution in [1.29, 1.82) is 0 Å². The van der Waals surface area contributed by atoms with Crippen LogP contribution in [-0.2, 0) is 4.79 Å². The fraction of sp³-hybridized carbons (Fsp3) is 0.615. The van der Waals surface area contributed by atoms with Gasteiger partial charge in [-0.3, -0.25) is 4.79 Å². The molecule has 2 rings (SSSR count). The van der Waals surface area contributed by atoms with Crippen LogP contribution in [0.2, 0.25) is 0 Å². The highest BCUT2D eigenvalue weighted by Crippen LogP contribution is 2.32. The molecule has 1 aliphatic carbocycles. The minimum atomic E-state index is 0.0740. The summed E-state index contributed by atoms with van der Waals surface area (Å²) in [4.78, 5) is 22.4. The van der Waals surface area contributed by atoms with Crippen LogP contribution in [0.5, 0.6) is 0 Å². The van der Waals surface area contributed by atoms with Gasteiger partial charge >= 0.3 is 0 Å². The van der Waals surface area contributed by atoms with E-state index in [1.807, 2.05) is 32.8 Å². The van der Waals surface area contributed by atoms with Gasteiger partial charge in [0.15, 0.2) is 0 Å². The number of anilines is 2. The molecule has 1 N–H and O–H groups in total. The molecule has 5 heteroatoms. The molecule has 1 aromatic rings. The van der Waals surface area contributed by atoms with Gasteiger partial charge in [0, 0.05) is 20.5 Å². The quantitative estimate of drug-likeness (QED) is 0.884. The number of aromatic nitrogens is 2. The van der Waals surface area contributed by atoms with Crippen molar-refractivity contribution in [3.05, 3.63) is 11.4 Å². The van der Waals surface area contributed by atoms with E-state index >= 15 is 0 Å². The van der Waals surface area contributed by atoms with Crippen LogP contribution in [-0.4, -0.2) is 30.0 Å². The van der Waals surface area contributed by atoms with Crippen molar-refractivity contribution < 1.29 is 4.79 Å². The van der Waals surface area contributed by atoms with Crippen molar-refractivity contribution in [2.24, 2.45) is 5.92 Å². The van der Waals surface area contributed by atoms with Gasteiger partial charge in [-0.15, -0.1) is 0 Å².